The molecule has 0 saturated carbocycles. The first-order chi connectivity index (χ1) is 4.83. The summed E-state index contributed by atoms with van der Waals surface area (Å²) in [6, 6.07) is 0. The average molecular weight is 154 g/mol. The normalized spacial score (nSPS) is 12.1. The molecule has 2 heteroatoms. The maximum atomic E-state index is 4.20. The third-order valence-corrected chi connectivity index (χ3v) is 1.17. The van der Waals surface area contributed by atoms with Crippen LogP contribution in [0.1, 0.15) is 27.7 Å². The van der Waals surface area contributed by atoms with Crippen LogP contribution < -0.4 is 0 Å². The average Bonchev–Trinajstić information content (AvgIpc) is 1.80. The van der Waals surface area contributed by atoms with Crippen LogP contribution in [0.5, 0.6) is 0 Å². The fourth-order valence-corrected chi connectivity index (χ4v) is 0.358. The molecular weight excluding hydrogens is 136 g/mol. The van der Waals surface area contributed by atoms with Gasteiger partial charge in [0, 0.05) is 19.0 Å². The third kappa shape index (κ3) is 5.64. The highest BCUT2D eigenvalue weighted by Gasteiger charge is 2.05. The highest BCUT2D eigenvalue weighted by Crippen LogP contribution is 2.09. The van der Waals surface area contributed by atoms with Gasteiger partial charge in [0.1, 0.15) is 0 Å². The minimum absolute atomic E-state index is 0.143. The van der Waals surface area contributed by atoms with Crippen molar-refractivity contribution >= 4 is 6.21 Å². The molecule has 0 heterocycles. The van der Waals surface area contributed by atoms with Crippen molar-refractivity contribution in [1.82, 2.24) is 5.01 Å². The molecule has 11 heavy (non-hydrogen) atoms. The van der Waals surface area contributed by atoms with Crippen LogP contribution in [0, 0.1) is 5.41 Å². The number of hydrogen-bond donors (Lipinski definition) is 0. The zero-order valence-electron chi connectivity index (χ0n) is 8.18. The first kappa shape index (κ1) is 10.2. The molecule has 0 aromatic carbocycles. The van der Waals surface area contributed by atoms with Crippen molar-refractivity contribution in [3.05, 3.63) is 12.3 Å². The predicted octanol–water partition coefficient (Wildman–Crippen LogP) is 2.48. The summed E-state index contributed by atoms with van der Waals surface area (Å²) in [5, 5.41) is 5.97. The smallest absolute Gasteiger partial charge is 0.0302 e. The molecule has 0 amide bonds. The van der Waals surface area contributed by atoms with E-state index in [0.717, 1.165) is 5.70 Å². The Labute approximate surface area is 69.6 Å². The summed E-state index contributed by atoms with van der Waals surface area (Å²) in [4.78, 5) is 0. The molecular formula is C9H18N2. The monoisotopic (exact) mass is 154 g/mol. The minimum atomic E-state index is 0.143. The quantitative estimate of drug-likeness (QED) is 0.440. The number of allylic oxidation sites excluding steroid dienone is 1. The lowest BCUT2D eigenvalue weighted by molar-refractivity contribution is 0.441. The van der Waals surface area contributed by atoms with Crippen LogP contribution in [0.4, 0.5) is 0 Å². The SMILES string of the molecule is C=C(C)N(C)/N=C\C(C)(C)C. The second-order valence-electron chi connectivity index (χ2n) is 3.87. The summed E-state index contributed by atoms with van der Waals surface area (Å²) >= 11 is 0. The molecule has 0 radical (unpaired) electrons. The summed E-state index contributed by atoms with van der Waals surface area (Å²) in [5.74, 6) is 0. The van der Waals surface area contributed by atoms with Gasteiger partial charge in [-0.3, -0.25) is 5.01 Å². The highest BCUT2D eigenvalue weighted by molar-refractivity contribution is 5.63. The molecule has 0 spiro atoms. The Hall–Kier alpha value is -0.790. The molecule has 0 aromatic heterocycles. The van der Waals surface area contributed by atoms with E-state index in [1.54, 1.807) is 5.01 Å². The van der Waals surface area contributed by atoms with Crippen LogP contribution in [-0.4, -0.2) is 18.3 Å². The van der Waals surface area contributed by atoms with Crippen LogP contribution in [-0.2, 0) is 0 Å². The topological polar surface area (TPSA) is 15.6 Å². The van der Waals surface area contributed by atoms with Gasteiger partial charge in [-0.2, -0.15) is 5.10 Å². The van der Waals surface area contributed by atoms with Crippen molar-refractivity contribution in [1.29, 1.82) is 0 Å². The Kier molecular flexibility index (Phi) is 3.30. The molecule has 0 aliphatic carbocycles. The summed E-state index contributed by atoms with van der Waals surface area (Å²) in [5.41, 5.74) is 1.09. The van der Waals surface area contributed by atoms with Gasteiger partial charge < -0.3 is 0 Å². The summed E-state index contributed by atoms with van der Waals surface area (Å²) < 4.78 is 0. The summed E-state index contributed by atoms with van der Waals surface area (Å²) in [7, 11) is 1.89. The molecule has 0 aromatic rings. The standard InChI is InChI=1S/C9H18N2/c1-8(2)11(6)10-7-9(3,4)5/h7H,1H2,2-6H3/b10-7-. The van der Waals surface area contributed by atoms with E-state index in [0.29, 0.717) is 0 Å². The van der Waals surface area contributed by atoms with Crippen LogP contribution >= 0.6 is 0 Å². The lowest BCUT2D eigenvalue weighted by Crippen LogP contribution is -2.13. The highest BCUT2D eigenvalue weighted by atomic mass is 15.4. The van der Waals surface area contributed by atoms with Crippen molar-refractivity contribution < 1.29 is 0 Å². The summed E-state index contributed by atoms with van der Waals surface area (Å²) in [6.45, 7) is 12.0. The Morgan fingerprint density at radius 2 is 1.91 bits per heavy atom. The fraction of sp³-hybridized carbons (Fsp3) is 0.667. The Morgan fingerprint density at radius 3 is 2.18 bits per heavy atom. The Morgan fingerprint density at radius 1 is 1.45 bits per heavy atom. The van der Waals surface area contributed by atoms with E-state index in [1.165, 1.54) is 0 Å². The van der Waals surface area contributed by atoms with Crippen LogP contribution in [0.15, 0.2) is 17.4 Å². The molecule has 0 rings (SSSR count). The lowest BCUT2D eigenvalue weighted by atomic mass is 9.99. The largest absolute Gasteiger partial charge is 0.274 e. The van der Waals surface area contributed by atoms with Crippen LogP contribution in [0.3, 0.4) is 0 Å². The number of rotatable bonds is 2. The molecule has 0 aliphatic rings. The Bertz CT molecular complexity index is 163. The van der Waals surface area contributed by atoms with Crippen molar-refractivity contribution in [2.45, 2.75) is 27.7 Å². The van der Waals surface area contributed by atoms with Gasteiger partial charge >= 0.3 is 0 Å². The maximum Gasteiger partial charge on any atom is 0.0302 e. The molecule has 0 bridgehead atoms. The molecule has 2 nitrogen and oxygen atoms in total. The summed E-state index contributed by atoms with van der Waals surface area (Å²) in [6.07, 6.45) is 1.92. The maximum absolute atomic E-state index is 4.20. The molecule has 0 aliphatic heterocycles. The van der Waals surface area contributed by atoms with E-state index in [4.69, 9.17) is 0 Å². The second kappa shape index (κ2) is 3.56. The van der Waals surface area contributed by atoms with Gasteiger partial charge in [0.05, 0.1) is 0 Å². The third-order valence-electron chi connectivity index (χ3n) is 1.17. The van der Waals surface area contributed by atoms with Gasteiger partial charge in [-0.05, 0) is 12.3 Å². The molecule has 0 atom stereocenters. The zero-order chi connectivity index (χ0) is 9.07. The van der Waals surface area contributed by atoms with Crippen molar-refractivity contribution in [3.63, 3.8) is 0 Å². The predicted molar refractivity (Wildman–Crippen MR) is 50.5 cm³/mol. The minimum Gasteiger partial charge on any atom is -0.274 e. The van der Waals surface area contributed by atoms with E-state index in [2.05, 4.69) is 32.5 Å². The lowest BCUT2D eigenvalue weighted by Gasteiger charge is -2.15. The van der Waals surface area contributed by atoms with Gasteiger partial charge in [0.25, 0.3) is 0 Å². The van der Waals surface area contributed by atoms with E-state index >= 15 is 0 Å². The van der Waals surface area contributed by atoms with Gasteiger partial charge in [-0.15, -0.1) is 0 Å². The zero-order valence-corrected chi connectivity index (χ0v) is 8.18. The second-order valence-corrected chi connectivity index (χ2v) is 3.87. The number of nitrogens with zero attached hydrogens (tertiary/aromatic N) is 2. The van der Waals surface area contributed by atoms with Crippen molar-refractivity contribution in [3.8, 4) is 0 Å². The van der Waals surface area contributed by atoms with Gasteiger partial charge in [-0.1, -0.05) is 27.4 Å². The Balaban J connectivity index is 4.04. The van der Waals surface area contributed by atoms with Crippen molar-refractivity contribution in [2.24, 2.45) is 10.5 Å². The van der Waals surface area contributed by atoms with Gasteiger partial charge in [-0.25, -0.2) is 0 Å². The first-order valence-electron chi connectivity index (χ1n) is 3.77. The number of hydrazone groups is 1. The fourth-order valence-electron chi connectivity index (χ4n) is 0.358. The first-order valence-corrected chi connectivity index (χ1v) is 3.77. The molecule has 0 fully saturated rings. The van der Waals surface area contributed by atoms with E-state index < -0.39 is 0 Å². The van der Waals surface area contributed by atoms with E-state index in [1.807, 2.05) is 20.2 Å². The number of hydrogen-bond acceptors (Lipinski definition) is 2. The van der Waals surface area contributed by atoms with Crippen molar-refractivity contribution in [2.75, 3.05) is 7.05 Å². The van der Waals surface area contributed by atoms with E-state index in [9.17, 15) is 0 Å². The molecule has 0 saturated heterocycles. The van der Waals surface area contributed by atoms with E-state index in [-0.39, 0.29) is 5.41 Å². The molecule has 64 valence electrons. The van der Waals surface area contributed by atoms with Gasteiger partial charge in [0.2, 0.25) is 0 Å². The van der Waals surface area contributed by atoms with Crippen LogP contribution in [0.25, 0.3) is 0 Å². The van der Waals surface area contributed by atoms with Crippen LogP contribution in [0.2, 0.25) is 0 Å². The molecule has 0 unspecified atom stereocenters. The molecule has 0 N–H and O–H groups in total. The van der Waals surface area contributed by atoms with Gasteiger partial charge in [0.15, 0.2) is 0 Å².